The van der Waals surface area contributed by atoms with Crippen LogP contribution >= 0.6 is 7.92 Å². The Morgan fingerprint density at radius 3 is 2.62 bits per heavy atom. The highest BCUT2D eigenvalue weighted by Gasteiger charge is 2.14. The molecule has 0 saturated heterocycles. The third-order valence-electron chi connectivity index (χ3n) is 3.77. The highest BCUT2D eigenvalue weighted by molar-refractivity contribution is 7.56. The molecule has 4 N–H and O–H groups in total. The minimum Gasteiger partial charge on any atom is -0.355 e. The Hall–Kier alpha value is -1.53. The lowest BCUT2D eigenvalue weighted by atomic mass is 10.1. The average Bonchev–Trinajstić information content (AvgIpc) is 2.64. The van der Waals surface area contributed by atoms with Crippen molar-refractivity contribution in [1.29, 1.82) is 0 Å². The summed E-state index contributed by atoms with van der Waals surface area (Å²) in [6, 6.07) is 8.89. The fraction of sp³-hybridized carbons (Fsp3) is 0.556. The highest BCUT2D eigenvalue weighted by atomic mass is 31.1. The SMILES string of the molecule is COOCCP(C)CCCNC(=O)CNC(=O)C(N)Cc1ccccc1. The van der Waals surface area contributed by atoms with Crippen LogP contribution in [0.15, 0.2) is 30.3 Å². The topological polar surface area (TPSA) is 103 Å². The van der Waals surface area contributed by atoms with E-state index in [1.165, 1.54) is 7.11 Å². The van der Waals surface area contributed by atoms with Gasteiger partial charge < -0.3 is 16.4 Å². The van der Waals surface area contributed by atoms with Gasteiger partial charge in [-0.25, -0.2) is 9.78 Å². The number of carbonyl (C=O) groups is 2. The molecule has 0 spiro atoms. The van der Waals surface area contributed by atoms with Gasteiger partial charge in [0, 0.05) is 6.54 Å². The van der Waals surface area contributed by atoms with E-state index >= 15 is 0 Å². The second kappa shape index (κ2) is 13.6. The van der Waals surface area contributed by atoms with Crippen LogP contribution in [0.2, 0.25) is 0 Å². The van der Waals surface area contributed by atoms with Gasteiger partial charge in [0.2, 0.25) is 11.8 Å². The van der Waals surface area contributed by atoms with Crippen LogP contribution in [0.4, 0.5) is 0 Å². The molecule has 2 amide bonds. The normalized spacial score (nSPS) is 13.0. The summed E-state index contributed by atoms with van der Waals surface area (Å²) < 4.78 is 0. The van der Waals surface area contributed by atoms with Gasteiger partial charge in [-0.15, -0.1) is 7.92 Å². The lowest BCUT2D eigenvalue weighted by Gasteiger charge is -2.13. The fourth-order valence-corrected chi connectivity index (χ4v) is 3.59. The van der Waals surface area contributed by atoms with E-state index in [0.29, 0.717) is 19.6 Å². The number of nitrogens with one attached hydrogen (secondary N) is 2. The Balaban J connectivity index is 2.10. The first-order chi connectivity index (χ1) is 12.5. The van der Waals surface area contributed by atoms with E-state index in [4.69, 9.17) is 10.6 Å². The van der Waals surface area contributed by atoms with Gasteiger partial charge in [0.1, 0.15) is 0 Å². The Bertz CT molecular complexity index is 530. The number of benzene rings is 1. The van der Waals surface area contributed by atoms with E-state index in [2.05, 4.69) is 22.2 Å². The van der Waals surface area contributed by atoms with Gasteiger partial charge in [-0.1, -0.05) is 30.3 Å². The van der Waals surface area contributed by atoms with E-state index in [0.717, 1.165) is 24.3 Å². The van der Waals surface area contributed by atoms with Gasteiger partial charge in [0.25, 0.3) is 0 Å². The largest absolute Gasteiger partial charge is 0.355 e. The average molecular weight is 383 g/mol. The van der Waals surface area contributed by atoms with Crippen LogP contribution in [-0.2, 0) is 25.8 Å². The molecule has 0 aromatic heterocycles. The van der Waals surface area contributed by atoms with Gasteiger partial charge in [-0.2, -0.15) is 0 Å². The van der Waals surface area contributed by atoms with Crippen LogP contribution < -0.4 is 16.4 Å². The molecular formula is C18H30N3O4P. The van der Waals surface area contributed by atoms with Gasteiger partial charge >= 0.3 is 0 Å². The van der Waals surface area contributed by atoms with E-state index in [1.54, 1.807) is 0 Å². The van der Waals surface area contributed by atoms with E-state index in [1.807, 2.05) is 30.3 Å². The molecule has 1 aromatic carbocycles. The zero-order valence-electron chi connectivity index (χ0n) is 15.6. The number of amides is 2. The molecular weight excluding hydrogens is 353 g/mol. The first-order valence-electron chi connectivity index (χ1n) is 8.71. The summed E-state index contributed by atoms with van der Waals surface area (Å²) in [6.45, 7) is 3.34. The molecule has 1 rings (SSSR count). The minimum absolute atomic E-state index is 0.0517. The minimum atomic E-state index is -0.664. The molecule has 146 valence electrons. The summed E-state index contributed by atoms with van der Waals surface area (Å²) in [5.41, 5.74) is 6.87. The second-order valence-corrected chi connectivity index (χ2v) is 8.62. The van der Waals surface area contributed by atoms with Crippen LogP contribution in [0.25, 0.3) is 0 Å². The fourth-order valence-electron chi connectivity index (χ4n) is 2.29. The standard InChI is InChI=1S/C18H30N3O4P/c1-24-25-10-12-26(2)11-6-9-20-17(22)14-21-18(23)16(19)13-15-7-4-3-5-8-15/h3-5,7-8,16H,6,9-14,19H2,1-2H3,(H,20,22)(H,21,23). The molecule has 8 heteroatoms. The third-order valence-corrected chi connectivity index (χ3v) is 5.80. The van der Waals surface area contributed by atoms with Crippen molar-refractivity contribution in [2.24, 2.45) is 5.73 Å². The first kappa shape index (κ1) is 22.5. The number of rotatable bonds is 13. The highest BCUT2D eigenvalue weighted by Crippen LogP contribution is 2.30. The molecule has 0 saturated carbocycles. The Labute approximate surface area is 156 Å². The van der Waals surface area contributed by atoms with E-state index < -0.39 is 6.04 Å². The molecule has 0 fully saturated rings. The van der Waals surface area contributed by atoms with Crippen molar-refractivity contribution < 1.29 is 19.4 Å². The van der Waals surface area contributed by atoms with Crippen molar-refractivity contribution in [2.75, 3.05) is 45.8 Å². The third kappa shape index (κ3) is 10.5. The van der Waals surface area contributed by atoms with Crippen LogP contribution in [0, 0.1) is 0 Å². The molecule has 0 radical (unpaired) electrons. The predicted octanol–water partition coefficient (Wildman–Crippen LogP) is 0.869. The maximum Gasteiger partial charge on any atom is 0.239 e. The number of hydrogen-bond acceptors (Lipinski definition) is 5. The predicted molar refractivity (Wildman–Crippen MR) is 104 cm³/mol. The van der Waals surface area contributed by atoms with Crippen molar-refractivity contribution in [3.05, 3.63) is 35.9 Å². The van der Waals surface area contributed by atoms with Crippen LogP contribution in [-0.4, -0.2) is 63.7 Å². The van der Waals surface area contributed by atoms with E-state index in [9.17, 15) is 9.59 Å². The maximum absolute atomic E-state index is 12.0. The molecule has 2 unspecified atom stereocenters. The summed E-state index contributed by atoms with van der Waals surface area (Å²) in [7, 11) is 1.38. The molecule has 0 aliphatic heterocycles. The van der Waals surface area contributed by atoms with Crippen molar-refractivity contribution in [3.8, 4) is 0 Å². The lowest BCUT2D eigenvalue weighted by molar-refractivity contribution is -0.267. The number of nitrogens with two attached hydrogens (primary N) is 1. The second-order valence-electron chi connectivity index (χ2n) is 6.01. The van der Waals surface area contributed by atoms with Gasteiger partial charge in [0.15, 0.2) is 0 Å². The quantitative estimate of drug-likeness (QED) is 0.203. The van der Waals surface area contributed by atoms with Crippen molar-refractivity contribution in [2.45, 2.75) is 18.9 Å². The zero-order chi connectivity index (χ0) is 19.2. The van der Waals surface area contributed by atoms with Crippen molar-refractivity contribution in [3.63, 3.8) is 0 Å². The molecule has 7 nitrogen and oxygen atoms in total. The Morgan fingerprint density at radius 1 is 1.19 bits per heavy atom. The number of carbonyl (C=O) groups excluding carboxylic acids is 2. The summed E-state index contributed by atoms with van der Waals surface area (Å²) in [5.74, 6) is -0.521. The molecule has 1 aromatic rings. The van der Waals surface area contributed by atoms with Gasteiger partial charge in [-0.3, -0.25) is 9.59 Å². The van der Waals surface area contributed by atoms with Crippen LogP contribution in [0.3, 0.4) is 0 Å². The summed E-state index contributed by atoms with van der Waals surface area (Å²) in [6.07, 6.45) is 3.38. The Kier molecular flexibility index (Phi) is 11.8. The first-order valence-corrected chi connectivity index (χ1v) is 10.9. The maximum atomic E-state index is 12.0. The van der Waals surface area contributed by atoms with Gasteiger partial charge in [0.05, 0.1) is 26.3 Å². The smallest absolute Gasteiger partial charge is 0.239 e. The van der Waals surface area contributed by atoms with Crippen molar-refractivity contribution in [1.82, 2.24) is 10.6 Å². The summed E-state index contributed by atoms with van der Waals surface area (Å²) in [5, 5.41) is 5.39. The molecule has 0 heterocycles. The zero-order valence-corrected chi connectivity index (χ0v) is 16.5. The lowest BCUT2D eigenvalue weighted by Crippen LogP contribution is -2.46. The van der Waals surface area contributed by atoms with E-state index in [-0.39, 0.29) is 26.3 Å². The summed E-state index contributed by atoms with van der Waals surface area (Å²) in [4.78, 5) is 33.2. The molecule has 0 bridgehead atoms. The summed E-state index contributed by atoms with van der Waals surface area (Å²) >= 11 is 0. The Morgan fingerprint density at radius 2 is 1.92 bits per heavy atom. The van der Waals surface area contributed by atoms with Gasteiger partial charge in [-0.05, 0) is 37.4 Å². The monoisotopic (exact) mass is 383 g/mol. The van der Waals surface area contributed by atoms with Crippen LogP contribution in [0.5, 0.6) is 0 Å². The molecule has 26 heavy (non-hydrogen) atoms. The van der Waals surface area contributed by atoms with Crippen molar-refractivity contribution >= 4 is 19.7 Å². The molecule has 2 atom stereocenters. The van der Waals surface area contributed by atoms with Crippen LogP contribution in [0.1, 0.15) is 12.0 Å². The molecule has 0 aliphatic carbocycles. The molecule has 0 aliphatic rings. The number of hydrogen-bond donors (Lipinski definition) is 3.